The second-order valence-corrected chi connectivity index (χ2v) is 18.9. The average Bonchev–Trinajstić information content (AvgIpc) is 3.39. The van der Waals surface area contributed by atoms with Gasteiger partial charge in [-0.05, 0) is 6.92 Å². The molecule has 436 valence electrons. The first-order valence-electron chi connectivity index (χ1n) is 23.8. The summed E-state index contributed by atoms with van der Waals surface area (Å²) in [5, 5.41) is 218. The number of hydrogen-bond acceptors (Lipinski definition) is 34. The van der Waals surface area contributed by atoms with E-state index in [-0.39, 0.29) is 0 Å². The fourth-order valence-corrected chi connectivity index (χ4v) is 9.65. The Morgan fingerprint density at radius 3 is 0.787 bits per heavy atom. The van der Waals surface area contributed by atoms with Gasteiger partial charge >= 0.3 is 5.97 Å². The van der Waals surface area contributed by atoms with Gasteiger partial charge in [-0.25, -0.2) is 4.79 Å². The van der Waals surface area contributed by atoms with Crippen molar-refractivity contribution >= 4 is 5.97 Å². The summed E-state index contributed by atoms with van der Waals surface area (Å²) in [5.41, 5.74) is 0. The maximum Gasteiger partial charge on any atom is 0.338 e. The molecule has 75 heavy (non-hydrogen) atoms. The third-order valence-corrected chi connectivity index (χ3v) is 14.0. The number of hydrogen-bond donors (Lipinski definition) is 20. The summed E-state index contributed by atoms with van der Waals surface area (Å²) in [4.78, 5) is 13.3. The quantitative estimate of drug-likeness (QED) is 0.0903. The van der Waals surface area contributed by atoms with Gasteiger partial charge in [0, 0.05) is 0 Å². The van der Waals surface area contributed by atoms with Gasteiger partial charge in [0.2, 0.25) is 0 Å². The van der Waals surface area contributed by atoms with Gasteiger partial charge in [0.05, 0.1) is 45.7 Å². The van der Waals surface area contributed by atoms with Gasteiger partial charge in [-0.3, -0.25) is 0 Å². The lowest BCUT2D eigenvalue weighted by Gasteiger charge is -2.51. The molecule has 0 aromatic carbocycles. The topological polar surface area (TPSA) is 542 Å². The van der Waals surface area contributed by atoms with Gasteiger partial charge in [0.1, 0.15) is 146 Å². The van der Waals surface area contributed by atoms with Crippen LogP contribution >= 0.6 is 0 Å². The first kappa shape index (κ1) is 60.8. The molecule has 12 bridgehead atoms. The van der Waals surface area contributed by atoms with Crippen molar-refractivity contribution in [1.82, 2.24) is 0 Å². The Kier molecular flexibility index (Phi) is 20.9. The molecule has 22 heterocycles. The van der Waals surface area contributed by atoms with Crippen LogP contribution in [0.5, 0.6) is 0 Å². The average molecular weight is 1100 g/mol. The van der Waals surface area contributed by atoms with Crippen LogP contribution in [0.2, 0.25) is 0 Å². The van der Waals surface area contributed by atoms with Gasteiger partial charge in [-0.2, -0.15) is 0 Å². The molecular weight excluding hydrogens is 1040 g/mol. The molecule has 0 aromatic heterocycles. The van der Waals surface area contributed by atoms with Crippen LogP contribution in [0.4, 0.5) is 0 Å². The van der Waals surface area contributed by atoms with Gasteiger partial charge in [-0.15, -0.1) is 0 Å². The molecule has 0 aromatic rings. The Morgan fingerprint density at radius 1 is 0.347 bits per heavy atom. The van der Waals surface area contributed by atoms with Crippen LogP contribution in [-0.4, -0.2) is 350 Å². The van der Waals surface area contributed by atoms with Gasteiger partial charge in [0.15, 0.2) is 49.9 Å². The van der Waals surface area contributed by atoms with Crippen molar-refractivity contribution < 1.29 is 169 Å². The Labute approximate surface area is 423 Å². The molecule has 33 atom stereocenters. The minimum Gasteiger partial charge on any atom is -0.455 e. The zero-order valence-electron chi connectivity index (χ0n) is 39.5. The van der Waals surface area contributed by atoms with E-state index in [0.29, 0.717) is 0 Å². The molecule has 34 heteroatoms. The number of rotatable bonds is 10. The second-order valence-electron chi connectivity index (χ2n) is 18.9. The van der Waals surface area contributed by atoms with Crippen molar-refractivity contribution in [1.29, 1.82) is 0 Å². The number of carbonyl (C=O) groups excluding carboxylic acids is 1. The van der Waals surface area contributed by atoms with Gasteiger partial charge in [0.25, 0.3) is 0 Å². The first-order valence-corrected chi connectivity index (χ1v) is 23.8. The van der Waals surface area contributed by atoms with Crippen molar-refractivity contribution in [3.05, 3.63) is 0 Å². The van der Waals surface area contributed by atoms with E-state index in [2.05, 4.69) is 0 Å². The number of aliphatic hydroxyl groups excluding tert-OH is 20. The monoisotopic (exact) mass is 1100 g/mol. The van der Waals surface area contributed by atoms with E-state index >= 15 is 0 Å². The third kappa shape index (κ3) is 12.3. The standard InChI is InChI=1S/C41H68O34/c1-8(48)15(49)21(55)35(62)69-34-27(61)41-68-14(7-47)33(34)75-40-26(60)20(54)31(12(5-45)67-40)73-38-24(58)18(52)29(10(3-43)65-38)71-36-22(56)16(50)28(9(2-42)63-36)70-37-23(57)17(51)30(11(4-44)64-37)72-39-25(59)19(53)32(74-41)13(6-46)66-39/h8-34,36-61H,2-7H2,1H3/t8?,9-,10-,11-,12-,13-,14-,15?,16-,17-,18-,19-,20-,21?,22-,23-,24-,25-,26-,27-,28-,29-,30-,31-,32-,33+,34-,36-,37-,38-,39-,40-,41-/m1/s1. The predicted molar refractivity (Wildman–Crippen MR) is 223 cm³/mol. The molecule has 3 unspecified atom stereocenters. The van der Waals surface area contributed by atoms with E-state index in [9.17, 15) is 107 Å². The van der Waals surface area contributed by atoms with Crippen molar-refractivity contribution in [2.45, 2.75) is 209 Å². The Balaban J connectivity index is 1.24. The van der Waals surface area contributed by atoms with E-state index in [0.717, 1.165) is 6.92 Å². The summed E-state index contributed by atoms with van der Waals surface area (Å²) in [6, 6.07) is 0. The zero-order valence-corrected chi connectivity index (χ0v) is 39.5. The van der Waals surface area contributed by atoms with Crippen LogP contribution in [0.25, 0.3) is 0 Å². The lowest BCUT2D eigenvalue weighted by molar-refractivity contribution is -0.404. The van der Waals surface area contributed by atoms with Crippen molar-refractivity contribution in [2.24, 2.45) is 0 Å². The first-order chi connectivity index (χ1) is 35.5. The molecular formula is C41H68O34. The lowest BCUT2D eigenvalue weighted by Crippen LogP contribution is -2.69. The molecule has 34 nitrogen and oxygen atoms in total. The summed E-state index contributed by atoms with van der Waals surface area (Å²) in [6.07, 6.45) is -68.7. The third-order valence-electron chi connectivity index (χ3n) is 14.0. The zero-order chi connectivity index (χ0) is 55.1. The largest absolute Gasteiger partial charge is 0.455 e. The molecule has 0 spiro atoms. The van der Waals surface area contributed by atoms with Crippen LogP contribution in [0.1, 0.15) is 6.92 Å². The molecule has 20 N–H and O–H groups in total. The second kappa shape index (κ2) is 25.8. The summed E-state index contributed by atoms with van der Waals surface area (Å²) < 4.78 is 73.8. The van der Waals surface area contributed by atoms with Crippen LogP contribution in [-0.2, 0) is 66.4 Å². The molecule has 0 radical (unpaired) electrons. The SMILES string of the molecule is CC(O)C(O)C(O)C(=O)O[C@@H]1[C@@H](O)[C@H]2O[C@H]3[C@H](O)[C@@H](O)[C@@H](O[C@H]4[C@H](O)[C@@H](O)[C@@H](O[C@H]5[C@H](O)[C@@H](O)[C@@H](O[C@H]6[C@H](O)[C@@H](O)[C@@H](O[C@H]7[C@H](O)[C@@H](O)[C@@H](O[C@H]1[C@@H](CO)O2)O[C@@H]7CO)O[C@@H]6CO)O[C@@H]5CO)O[C@@H]4CO)O[C@@H]3CO. The fraction of sp³-hybridized carbons (Fsp3) is 0.976. The Bertz CT molecular complexity index is 1780. The van der Waals surface area contributed by atoms with Crippen LogP contribution in [0.3, 0.4) is 0 Å². The van der Waals surface area contributed by atoms with Gasteiger partial charge in [-0.1, -0.05) is 0 Å². The van der Waals surface area contributed by atoms with Crippen LogP contribution < -0.4 is 0 Å². The Morgan fingerprint density at radius 2 is 0.560 bits per heavy atom. The number of aliphatic hydroxyl groups is 20. The van der Waals surface area contributed by atoms with E-state index in [1.165, 1.54) is 0 Å². The van der Waals surface area contributed by atoms with Gasteiger partial charge < -0.3 is 164 Å². The minimum atomic E-state index is -2.55. The maximum absolute atomic E-state index is 13.3. The highest BCUT2D eigenvalue weighted by Gasteiger charge is 2.59. The highest BCUT2D eigenvalue weighted by atomic mass is 16.8. The molecule has 22 fully saturated rings. The highest BCUT2D eigenvalue weighted by molar-refractivity contribution is 5.75. The highest BCUT2D eigenvalue weighted by Crippen LogP contribution is 2.38. The van der Waals surface area contributed by atoms with Crippen molar-refractivity contribution in [3.8, 4) is 0 Å². The fourth-order valence-electron chi connectivity index (χ4n) is 9.65. The van der Waals surface area contributed by atoms with E-state index in [1.54, 1.807) is 0 Å². The maximum atomic E-state index is 13.3. The molecule has 22 aliphatic rings. The van der Waals surface area contributed by atoms with E-state index in [1.807, 2.05) is 0 Å². The molecule has 22 saturated heterocycles. The smallest absolute Gasteiger partial charge is 0.338 e. The summed E-state index contributed by atoms with van der Waals surface area (Å²) >= 11 is 0. The lowest BCUT2D eigenvalue weighted by atomic mass is 9.94. The molecule has 0 saturated carbocycles. The number of ether oxygens (including phenoxy) is 13. The minimum absolute atomic E-state index is 0.986. The predicted octanol–water partition coefficient (Wildman–Crippen LogP) is -14.4. The van der Waals surface area contributed by atoms with E-state index < -0.39 is 248 Å². The summed E-state index contributed by atoms with van der Waals surface area (Å²) in [6.45, 7) is -5.56. The van der Waals surface area contributed by atoms with E-state index in [4.69, 9.17) is 61.6 Å². The van der Waals surface area contributed by atoms with Crippen molar-refractivity contribution in [3.63, 3.8) is 0 Å². The Hall–Kier alpha value is -1.81. The van der Waals surface area contributed by atoms with Crippen molar-refractivity contribution in [2.75, 3.05) is 39.6 Å². The molecule has 0 aliphatic carbocycles. The molecule has 0 amide bonds. The van der Waals surface area contributed by atoms with Crippen LogP contribution in [0, 0.1) is 0 Å². The number of carbonyl (C=O) groups is 1. The normalized spacial score (nSPS) is 51.4. The number of esters is 1. The molecule has 22 rings (SSSR count). The van der Waals surface area contributed by atoms with Crippen LogP contribution in [0.15, 0.2) is 0 Å². The molecule has 22 aliphatic heterocycles. The summed E-state index contributed by atoms with van der Waals surface area (Å²) in [5.74, 6) is -1.77. The summed E-state index contributed by atoms with van der Waals surface area (Å²) in [7, 11) is 0.